The molecule has 1 atom stereocenters. The van der Waals surface area contributed by atoms with E-state index in [-0.39, 0.29) is 39.9 Å². The van der Waals surface area contributed by atoms with Crippen LogP contribution in [0.2, 0.25) is 5.02 Å². The lowest BCUT2D eigenvalue weighted by molar-refractivity contribution is -0.141. The van der Waals surface area contributed by atoms with E-state index in [0.29, 0.717) is 14.5 Å². The van der Waals surface area contributed by atoms with Gasteiger partial charge in [0.25, 0.3) is 0 Å². The second-order valence-corrected chi connectivity index (χ2v) is 11.5. The Kier molecular flexibility index (Phi) is 9.29. The molecule has 0 spiro atoms. The van der Waals surface area contributed by atoms with Gasteiger partial charge in [-0.3, -0.25) is 9.59 Å². The van der Waals surface area contributed by atoms with Crippen LogP contribution in [-0.4, -0.2) is 30.6 Å². The van der Waals surface area contributed by atoms with E-state index in [4.69, 9.17) is 11.6 Å². The lowest BCUT2D eigenvalue weighted by atomic mass is 9.93. The smallest absolute Gasteiger partial charge is 0.346 e. The Bertz CT molecular complexity index is 1220. The van der Waals surface area contributed by atoms with Crippen LogP contribution in [0.1, 0.15) is 46.7 Å². The van der Waals surface area contributed by atoms with E-state index >= 15 is 0 Å². The zero-order valence-corrected chi connectivity index (χ0v) is 24.1. The summed E-state index contributed by atoms with van der Waals surface area (Å²) in [5.74, 6) is -3.24. The Labute approximate surface area is 238 Å². The molecule has 3 rings (SSSR count). The zero-order chi connectivity index (χ0) is 27.8. The topological polar surface area (TPSA) is 46.2 Å². The van der Waals surface area contributed by atoms with Gasteiger partial charge in [0.2, 0.25) is 5.91 Å². The van der Waals surface area contributed by atoms with E-state index < -0.39 is 41.9 Å². The summed E-state index contributed by atoms with van der Waals surface area (Å²) in [6, 6.07) is 6.86. The highest BCUT2D eigenvalue weighted by Gasteiger charge is 2.51. The number of carbonyl (C=O) groups is 2. The summed E-state index contributed by atoms with van der Waals surface area (Å²) in [7, 11) is 0. The Hall–Kier alpha value is -1.37. The number of nitrogens with one attached hydrogen (secondary N) is 1. The van der Waals surface area contributed by atoms with Gasteiger partial charge in [-0.15, -0.1) is 0 Å². The highest BCUT2D eigenvalue weighted by molar-refractivity contribution is 9.11. The maximum atomic E-state index is 13.8. The fraction of sp³-hybridized carbons (Fsp3) is 0.333. The number of Topliss-reactive ketones (excluding diaryl/α,β-unsaturated/α-hetero) is 1. The molecule has 0 bridgehead atoms. The quantitative estimate of drug-likeness (QED) is 0.167. The van der Waals surface area contributed by atoms with Gasteiger partial charge >= 0.3 is 12.4 Å². The molecule has 37 heavy (non-hydrogen) atoms. The van der Waals surface area contributed by atoms with E-state index in [0.717, 1.165) is 6.08 Å². The summed E-state index contributed by atoms with van der Waals surface area (Å²) in [5.41, 5.74) is -0.684. The maximum Gasteiger partial charge on any atom is 0.405 e. The van der Waals surface area contributed by atoms with E-state index in [1.807, 2.05) is 5.32 Å². The summed E-state index contributed by atoms with van der Waals surface area (Å²) in [6.45, 7) is -1.48. The van der Waals surface area contributed by atoms with Gasteiger partial charge in [0.15, 0.2) is 5.78 Å². The van der Waals surface area contributed by atoms with Crippen molar-refractivity contribution in [2.45, 2.75) is 37.5 Å². The first-order valence-corrected chi connectivity index (χ1v) is 13.4. The summed E-state index contributed by atoms with van der Waals surface area (Å²) < 4.78 is 79.5. The molecule has 0 aliphatic heterocycles. The number of halogens is 10. The SMILES string of the molecule is O=C(CC1(C(=O)NCC(F)(F)F)CC1)c1ccc(/C=C/C(c2cc(Br)c(Cl)c(Br)c2)C(F)(F)F)cc1Br. The van der Waals surface area contributed by atoms with Crippen molar-refractivity contribution in [2.75, 3.05) is 6.54 Å². The van der Waals surface area contributed by atoms with Crippen molar-refractivity contribution in [3.63, 3.8) is 0 Å². The monoisotopic (exact) mass is 737 g/mol. The fourth-order valence-corrected chi connectivity index (χ4v) is 5.59. The molecule has 0 radical (unpaired) electrons. The van der Waals surface area contributed by atoms with Gasteiger partial charge in [0.1, 0.15) is 6.54 Å². The first kappa shape index (κ1) is 30.2. The number of hydrogen-bond acceptors (Lipinski definition) is 2. The normalized spacial score (nSPS) is 16.1. The largest absolute Gasteiger partial charge is 0.405 e. The van der Waals surface area contributed by atoms with Crippen LogP contribution in [0.5, 0.6) is 0 Å². The fourth-order valence-electron chi connectivity index (χ4n) is 3.64. The van der Waals surface area contributed by atoms with Gasteiger partial charge < -0.3 is 5.32 Å². The number of allylic oxidation sites excluding steroid dienone is 1. The predicted molar refractivity (Wildman–Crippen MR) is 139 cm³/mol. The van der Waals surface area contributed by atoms with Gasteiger partial charge in [0, 0.05) is 25.4 Å². The molecule has 1 fully saturated rings. The molecule has 0 heterocycles. The molecule has 3 nitrogen and oxygen atoms in total. The zero-order valence-electron chi connectivity index (χ0n) is 18.5. The molecule has 13 heteroatoms. The summed E-state index contributed by atoms with van der Waals surface area (Å²) in [5, 5.41) is 2.07. The minimum absolute atomic E-state index is 0.0451. The summed E-state index contributed by atoms with van der Waals surface area (Å²) in [6.07, 6.45) is -6.61. The van der Waals surface area contributed by atoms with E-state index in [1.165, 1.54) is 36.4 Å². The number of hydrogen-bond donors (Lipinski definition) is 1. The minimum Gasteiger partial charge on any atom is -0.346 e. The third kappa shape index (κ3) is 7.83. The highest BCUT2D eigenvalue weighted by Crippen LogP contribution is 2.50. The molecule has 1 aliphatic rings. The van der Waals surface area contributed by atoms with Gasteiger partial charge in [-0.2, -0.15) is 26.3 Å². The molecule has 1 amide bonds. The lowest BCUT2D eigenvalue weighted by Crippen LogP contribution is -2.39. The molecular formula is C24H17Br3ClF6NO2. The lowest BCUT2D eigenvalue weighted by Gasteiger charge is -2.18. The molecule has 1 saturated carbocycles. The molecule has 1 N–H and O–H groups in total. The second kappa shape index (κ2) is 11.4. The number of amides is 1. The van der Waals surface area contributed by atoms with Crippen LogP contribution >= 0.6 is 59.4 Å². The Balaban J connectivity index is 1.76. The first-order chi connectivity index (χ1) is 17.0. The Morgan fingerprint density at radius 1 is 1.00 bits per heavy atom. The van der Waals surface area contributed by atoms with Gasteiger partial charge in [0.05, 0.1) is 16.4 Å². The second-order valence-electron chi connectivity index (χ2n) is 8.59. The first-order valence-electron chi connectivity index (χ1n) is 10.6. The number of carbonyl (C=O) groups excluding carboxylic acids is 2. The maximum absolute atomic E-state index is 13.8. The number of ketones is 1. The summed E-state index contributed by atoms with van der Waals surface area (Å²) >= 11 is 15.5. The molecule has 2 aromatic rings. The molecule has 2 aromatic carbocycles. The van der Waals surface area contributed by atoms with Crippen molar-refractivity contribution in [3.8, 4) is 0 Å². The molecule has 0 aromatic heterocycles. The van der Waals surface area contributed by atoms with Crippen molar-refractivity contribution in [1.29, 1.82) is 0 Å². The average molecular weight is 741 g/mol. The van der Waals surface area contributed by atoms with E-state index in [9.17, 15) is 35.9 Å². The molecule has 1 aliphatic carbocycles. The number of benzene rings is 2. The van der Waals surface area contributed by atoms with Crippen LogP contribution in [0.15, 0.2) is 49.8 Å². The van der Waals surface area contributed by atoms with Gasteiger partial charge in [-0.05, 0) is 80.1 Å². The van der Waals surface area contributed by atoms with Crippen molar-refractivity contribution >= 4 is 77.2 Å². The molecule has 1 unspecified atom stereocenters. The number of alkyl halides is 6. The Morgan fingerprint density at radius 3 is 2.08 bits per heavy atom. The van der Waals surface area contributed by atoms with Crippen LogP contribution in [0.3, 0.4) is 0 Å². The summed E-state index contributed by atoms with van der Waals surface area (Å²) in [4.78, 5) is 25.0. The minimum atomic E-state index is -4.60. The van der Waals surface area contributed by atoms with Crippen molar-refractivity contribution in [1.82, 2.24) is 5.32 Å². The Morgan fingerprint density at radius 2 is 1.59 bits per heavy atom. The van der Waals surface area contributed by atoms with E-state index in [2.05, 4.69) is 47.8 Å². The van der Waals surface area contributed by atoms with Crippen LogP contribution in [0.25, 0.3) is 6.08 Å². The third-order valence-electron chi connectivity index (χ3n) is 5.78. The van der Waals surface area contributed by atoms with Crippen molar-refractivity contribution < 1.29 is 35.9 Å². The standard InChI is InChI=1S/C24H17Br3ClF6NO2/c25-16-7-12(2-4-15(24(32,33)34)13-8-17(26)20(28)18(27)9-13)1-3-14(16)19(36)10-22(5-6-22)21(37)35-11-23(29,30)31/h1-4,7-9,15H,5-6,10-11H2,(H,35,37)/b4-2+. The number of rotatable bonds is 8. The van der Waals surface area contributed by atoms with Gasteiger partial charge in [-0.25, -0.2) is 0 Å². The van der Waals surface area contributed by atoms with Gasteiger partial charge in [-0.1, -0.05) is 45.7 Å². The highest BCUT2D eigenvalue weighted by atomic mass is 79.9. The predicted octanol–water partition coefficient (Wildman–Crippen LogP) is 9.02. The van der Waals surface area contributed by atoms with Crippen molar-refractivity contribution in [3.05, 3.63) is 71.5 Å². The van der Waals surface area contributed by atoms with Crippen LogP contribution < -0.4 is 5.32 Å². The molecule has 200 valence electrons. The third-order valence-corrected chi connectivity index (χ3v) is 8.55. The molecular weight excluding hydrogens is 723 g/mol. The average Bonchev–Trinajstić information content (AvgIpc) is 3.55. The van der Waals surface area contributed by atoms with Crippen LogP contribution in [-0.2, 0) is 4.79 Å². The van der Waals surface area contributed by atoms with Crippen LogP contribution in [0.4, 0.5) is 26.3 Å². The molecule has 0 saturated heterocycles. The van der Waals surface area contributed by atoms with E-state index in [1.54, 1.807) is 0 Å². The van der Waals surface area contributed by atoms with Crippen LogP contribution in [0, 0.1) is 5.41 Å². The van der Waals surface area contributed by atoms with Crippen molar-refractivity contribution in [2.24, 2.45) is 5.41 Å².